The van der Waals surface area contributed by atoms with E-state index in [4.69, 9.17) is 4.74 Å². The first-order valence-corrected chi connectivity index (χ1v) is 9.81. The molecule has 24 heavy (non-hydrogen) atoms. The van der Waals surface area contributed by atoms with Crippen molar-refractivity contribution in [3.63, 3.8) is 0 Å². The fourth-order valence-corrected chi connectivity index (χ4v) is 4.87. The number of hydrogen-bond acceptors (Lipinski definition) is 4. The summed E-state index contributed by atoms with van der Waals surface area (Å²) in [4.78, 5) is 6.44. The molecule has 1 aliphatic carbocycles. The molecule has 0 aromatic carbocycles. The highest BCUT2D eigenvalue weighted by Crippen LogP contribution is 2.51. The van der Waals surface area contributed by atoms with Crippen LogP contribution in [0.15, 0.2) is 4.99 Å². The summed E-state index contributed by atoms with van der Waals surface area (Å²) in [6.07, 6.45) is 0.908. The van der Waals surface area contributed by atoms with Crippen molar-refractivity contribution in [3.8, 4) is 0 Å². The highest BCUT2D eigenvalue weighted by Gasteiger charge is 2.58. The van der Waals surface area contributed by atoms with Gasteiger partial charge in [-0.15, -0.1) is 24.0 Å². The fourth-order valence-electron chi connectivity index (χ4n) is 3.50. The molecule has 2 rings (SSSR count). The van der Waals surface area contributed by atoms with Crippen molar-refractivity contribution in [1.82, 2.24) is 10.2 Å². The van der Waals surface area contributed by atoms with Crippen LogP contribution in [-0.4, -0.2) is 68.7 Å². The summed E-state index contributed by atoms with van der Waals surface area (Å²) < 4.78 is 29.3. The molecule has 2 unspecified atom stereocenters. The van der Waals surface area contributed by atoms with Crippen molar-refractivity contribution in [3.05, 3.63) is 0 Å². The van der Waals surface area contributed by atoms with E-state index in [9.17, 15) is 8.42 Å². The number of nitrogens with zero attached hydrogens (tertiary/aromatic N) is 2. The molecule has 0 spiro atoms. The predicted molar refractivity (Wildman–Crippen MR) is 109 cm³/mol. The molecular weight excluding hydrogens is 441 g/mol. The zero-order chi connectivity index (χ0) is 17.7. The van der Waals surface area contributed by atoms with Crippen molar-refractivity contribution >= 4 is 39.8 Å². The first-order valence-electron chi connectivity index (χ1n) is 8.16. The van der Waals surface area contributed by atoms with E-state index in [0.717, 1.165) is 12.4 Å². The van der Waals surface area contributed by atoms with Crippen molar-refractivity contribution < 1.29 is 13.2 Å². The van der Waals surface area contributed by atoms with Gasteiger partial charge in [0.05, 0.1) is 16.1 Å². The summed E-state index contributed by atoms with van der Waals surface area (Å²) in [6.45, 7) is 11.0. The summed E-state index contributed by atoms with van der Waals surface area (Å²) in [5, 5.41) is 3.52. The van der Waals surface area contributed by atoms with Gasteiger partial charge in [-0.3, -0.25) is 4.99 Å². The molecule has 142 valence electrons. The molecule has 1 saturated heterocycles. The molecule has 0 amide bonds. The summed E-state index contributed by atoms with van der Waals surface area (Å²) in [5.41, 5.74) is -0.164. The molecule has 1 heterocycles. The molecule has 0 aromatic rings. The second-order valence-corrected chi connectivity index (χ2v) is 10.8. The fraction of sp³-hybridized carbons (Fsp3) is 0.938. The van der Waals surface area contributed by atoms with Gasteiger partial charge in [-0.05, 0) is 27.2 Å². The Morgan fingerprint density at radius 2 is 1.83 bits per heavy atom. The first-order chi connectivity index (χ1) is 10.4. The van der Waals surface area contributed by atoms with Gasteiger partial charge in [0.25, 0.3) is 0 Å². The summed E-state index contributed by atoms with van der Waals surface area (Å²) in [7, 11) is 0.459. The third-order valence-electron chi connectivity index (χ3n) is 6.14. The zero-order valence-electron chi connectivity index (χ0n) is 15.8. The van der Waals surface area contributed by atoms with Gasteiger partial charge >= 0.3 is 0 Å². The van der Waals surface area contributed by atoms with Crippen LogP contribution in [0.25, 0.3) is 0 Å². The molecule has 1 aliphatic heterocycles. The molecule has 8 heteroatoms. The maximum atomic E-state index is 12.2. The van der Waals surface area contributed by atoms with Gasteiger partial charge in [0.15, 0.2) is 15.8 Å². The van der Waals surface area contributed by atoms with Crippen LogP contribution in [0.5, 0.6) is 0 Å². The number of methoxy groups -OCH3 is 1. The largest absolute Gasteiger partial charge is 0.378 e. The normalized spacial score (nSPS) is 34.0. The van der Waals surface area contributed by atoms with Crippen LogP contribution in [0.3, 0.4) is 0 Å². The molecule has 0 bridgehead atoms. The Bertz CT molecular complexity index is 604. The lowest BCUT2D eigenvalue weighted by Crippen LogP contribution is -2.70. The maximum Gasteiger partial charge on any atom is 0.193 e. The zero-order valence-corrected chi connectivity index (χ0v) is 19.0. The van der Waals surface area contributed by atoms with Crippen LogP contribution in [0, 0.1) is 5.41 Å². The molecule has 2 atom stereocenters. The van der Waals surface area contributed by atoms with Crippen LogP contribution < -0.4 is 5.32 Å². The highest BCUT2D eigenvalue weighted by molar-refractivity contribution is 14.0. The summed E-state index contributed by atoms with van der Waals surface area (Å²) >= 11 is 0. The molecule has 6 nitrogen and oxygen atoms in total. The minimum atomic E-state index is -3.05. The number of halogens is 1. The Morgan fingerprint density at radius 1 is 1.25 bits per heavy atom. The van der Waals surface area contributed by atoms with E-state index in [2.05, 4.69) is 36.0 Å². The smallest absolute Gasteiger partial charge is 0.193 e. The SMILES string of the molecule is CN=C(NC1CC(C)(OC)C1(C)C)N1CCS(=O)(=O)C(C)(C)C1.I. The molecule has 2 fully saturated rings. The third kappa shape index (κ3) is 3.42. The lowest BCUT2D eigenvalue weighted by Gasteiger charge is -2.59. The lowest BCUT2D eigenvalue weighted by molar-refractivity contribution is -0.177. The molecule has 2 aliphatic rings. The molecule has 0 aromatic heterocycles. The maximum absolute atomic E-state index is 12.2. The average molecular weight is 473 g/mol. The Kier molecular flexibility index (Phi) is 6.32. The monoisotopic (exact) mass is 473 g/mol. The second kappa shape index (κ2) is 6.90. The highest BCUT2D eigenvalue weighted by atomic mass is 127. The van der Waals surface area contributed by atoms with Gasteiger partial charge in [0, 0.05) is 38.7 Å². The number of guanidine groups is 1. The van der Waals surface area contributed by atoms with Crippen molar-refractivity contribution in [2.24, 2.45) is 10.4 Å². The van der Waals surface area contributed by atoms with Gasteiger partial charge in [0.1, 0.15) is 0 Å². The van der Waals surface area contributed by atoms with E-state index >= 15 is 0 Å². The van der Waals surface area contributed by atoms with Crippen molar-refractivity contribution in [2.45, 2.75) is 57.4 Å². The van der Waals surface area contributed by atoms with Crippen LogP contribution in [0.4, 0.5) is 0 Å². The number of rotatable bonds is 2. The van der Waals surface area contributed by atoms with E-state index in [0.29, 0.717) is 13.1 Å². The predicted octanol–water partition coefficient (Wildman–Crippen LogP) is 1.89. The van der Waals surface area contributed by atoms with Crippen LogP contribution in [0.1, 0.15) is 41.0 Å². The molecule has 1 N–H and O–H groups in total. The van der Waals surface area contributed by atoms with E-state index in [1.165, 1.54) is 0 Å². The minimum absolute atomic E-state index is 0. The lowest BCUT2D eigenvalue weighted by atomic mass is 9.56. The third-order valence-corrected chi connectivity index (χ3v) is 8.67. The van der Waals surface area contributed by atoms with E-state index in [1.54, 1.807) is 28.0 Å². The minimum Gasteiger partial charge on any atom is -0.378 e. The van der Waals surface area contributed by atoms with Gasteiger partial charge in [0.2, 0.25) is 0 Å². The van der Waals surface area contributed by atoms with Crippen molar-refractivity contribution in [2.75, 3.05) is 33.0 Å². The number of ether oxygens (including phenoxy) is 1. The average Bonchev–Trinajstić information content (AvgIpc) is 2.46. The second-order valence-electron chi connectivity index (χ2n) is 8.11. The van der Waals surface area contributed by atoms with Gasteiger partial charge in [-0.2, -0.15) is 0 Å². The molecule has 0 radical (unpaired) electrons. The van der Waals surface area contributed by atoms with Crippen molar-refractivity contribution in [1.29, 1.82) is 0 Å². The molecule has 1 saturated carbocycles. The topological polar surface area (TPSA) is 71.0 Å². The van der Waals surface area contributed by atoms with E-state index < -0.39 is 14.6 Å². The number of sulfone groups is 1. The summed E-state index contributed by atoms with van der Waals surface area (Å²) in [6, 6.07) is 0.257. The first kappa shape index (κ1) is 22.0. The Hall–Kier alpha value is -0.0900. The van der Waals surface area contributed by atoms with Crippen LogP contribution >= 0.6 is 24.0 Å². The van der Waals surface area contributed by atoms with Crippen LogP contribution in [0.2, 0.25) is 0 Å². The van der Waals surface area contributed by atoms with E-state index in [-0.39, 0.29) is 46.8 Å². The Balaban J connectivity index is 0.00000288. The number of hydrogen-bond donors (Lipinski definition) is 1. The van der Waals surface area contributed by atoms with Gasteiger partial charge in [-0.25, -0.2) is 8.42 Å². The Labute approximate surface area is 163 Å². The standard InChI is InChI=1S/C16H31N3O3S.HI/c1-14(2)11-19(8-9-23(14,20)21)13(17-6)18-12-10-16(5,22-7)15(12,3)4;/h12H,8-11H2,1-7H3,(H,17,18);1H. The van der Waals surface area contributed by atoms with Gasteiger partial charge in [-0.1, -0.05) is 13.8 Å². The van der Waals surface area contributed by atoms with E-state index in [1.807, 2.05) is 0 Å². The Morgan fingerprint density at radius 3 is 2.25 bits per heavy atom. The molecular formula is C16H32IN3O3S. The number of nitrogens with one attached hydrogen (secondary N) is 1. The van der Waals surface area contributed by atoms with Crippen LogP contribution in [-0.2, 0) is 14.6 Å². The summed E-state index contributed by atoms with van der Waals surface area (Å²) in [5.74, 6) is 0.953. The van der Waals surface area contributed by atoms with Gasteiger partial charge < -0.3 is 15.0 Å². The quantitative estimate of drug-likeness (QED) is 0.377. The number of aliphatic imine (C=N–C) groups is 1.